The van der Waals surface area contributed by atoms with Gasteiger partial charge in [-0.15, -0.1) is 0 Å². The fourth-order valence-corrected chi connectivity index (χ4v) is 2.87. The van der Waals surface area contributed by atoms with Gasteiger partial charge in [0.2, 0.25) is 11.6 Å². The lowest BCUT2D eigenvalue weighted by molar-refractivity contribution is -0.116. The van der Waals surface area contributed by atoms with Crippen molar-refractivity contribution in [3.8, 4) is 0 Å². The van der Waals surface area contributed by atoms with Crippen molar-refractivity contribution in [2.45, 2.75) is 20.4 Å². The van der Waals surface area contributed by atoms with Crippen LogP contribution in [0.5, 0.6) is 0 Å². The standard InChI is InChI=1S/C17H15BrN4O5/c1-3-26-17(25)14-13-15(27-21-14)19-9(2)22(16(13)24)8-12(23)20-11-6-4-5-10(18)7-11/h4-7H,3,8H2,1-2H3,(H,20,23). The van der Waals surface area contributed by atoms with E-state index < -0.39 is 17.4 Å². The number of esters is 1. The van der Waals surface area contributed by atoms with E-state index in [1.165, 1.54) is 0 Å². The largest absolute Gasteiger partial charge is 0.461 e. The summed E-state index contributed by atoms with van der Waals surface area (Å²) in [4.78, 5) is 41.2. The number of fused-ring (bicyclic) bond motifs is 1. The lowest BCUT2D eigenvalue weighted by atomic mass is 10.3. The number of amides is 1. The number of nitrogens with zero attached hydrogens (tertiary/aromatic N) is 3. The van der Waals surface area contributed by atoms with Crippen LogP contribution in [0.4, 0.5) is 5.69 Å². The van der Waals surface area contributed by atoms with Crippen molar-refractivity contribution >= 4 is 44.6 Å². The molecule has 140 valence electrons. The van der Waals surface area contributed by atoms with Crippen molar-refractivity contribution in [2.75, 3.05) is 11.9 Å². The second-order valence-corrected chi connectivity index (χ2v) is 6.46. The monoisotopic (exact) mass is 434 g/mol. The molecular formula is C17H15BrN4O5. The zero-order chi connectivity index (χ0) is 19.6. The van der Waals surface area contributed by atoms with E-state index in [4.69, 9.17) is 9.26 Å². The minimum atomic E-state index is -0.788. The number of anilines is 1. The number of ether oxygens (including phenoxy) is 1. The van der Waals surface area contributed by atoms with Crippen molar-refractivity contribution in [3.63, 3.8) is 0 Å². The molecule has 9 nitrogen and oxygen atoms in total. The summed E-state index contributed by atoms with van der Waals surface area (Å²) in [6.45, 7) is 3.02. The number of aryl methyl sites for hydroxylation is 1. The van der Waals surface area contributed by atoms with E-state index in [-0.39, 0.29) is 35.8 Å². The SMILES string of the molecule is CCOC(=O)c1noc2nc(C)n(CC(=O)Nc3cccc(Br)c3)c(=O)c12. The molecular weight excluding hydrogens is 420 g/mol. The molecule has 0 saturated carbocycles. The van der Waals surface area contributed by atoms with Crippen LogP contribution in [0.15, 0.2) is 38.1 Å². The Kier molecular flexibility index (Phi) is 5.36. The van der Waals surface area contributed by atoms with Crippen molar-refractivity contribution in [1.29, 1.82) is 0 Å². The number of benzene rings is 1. The van der Waals surface area contributed by atoms with Crippen LogP contribution in [0.1, 0.15) is 23.2 Å². The summed E-state index contributed by atoms with van der Waals surface area (Å²) in [7, 11) is 0. The highest BCUT2D eigenvalue weighted by molar-refractivity contribution is 9.10. The van der Waals surface area contributed by atoms with Crippen molar-refractivity contribution in [2.24, 2.45) is 0 Å². The number of nitrogens with one attached hydrogen (secondary N) is 1. The molecule has 0 aliphatic rings. The van der Waals surface area contributed by atoms with Crippen LogP contribution in [0.2, 0.25) is 0 Å². The highest BCUT2D eigenvalue weighted by Crippen LogP contribution is 2.16. The Hall–Kier alpha value is -3.01. The molecule has 3 rings (SSSR count). The lowest BCUT2D eigenvalue weighted by Gasteiger charge is -2.10. The van der Waals surface area contributed by atoms with E-state index in [1.54, 1.807) is 32.0 Å². The van der Waals surface area contributed by atoms with E-state index in [2.05, 4.69) is 31.4 Å². The van der Waals surface area contributed by atoms with Gasteiger partial charge in [-0.2, -0.15) is 4.98 Å². The van der Waals surface area contributed by atoms with Gasteiger partial charge in [0.05, 0.1) is 6.61 Å². The summed E-state index contributed by atoms with van der Waals surface area (Å²) in [5.41, 5.74) is -0.368. The van der Waals surface area contributed by atoms with Gasteiger partial charge in [0.1, 0.15) is 17.8 Å². The van der Waals surface area contributed by atoms with Gasteiger partial charge in [0.15, 0.2) is 0 Å². The van der Waals surface area contributed by atoms with E-state index >= 15 is 0 Å². The first-order valence-corrected chi connectivity index (χ1v) is 8.79. The molecule has 1 aromatic carbocycles. The van der Waals surface area contributed by atoms with Crippen LogP contribution in [-0.4, -0.2) is 33.2 Å². The summed E-state index contributed by atoms with van der Waals surface area (Å²) >= 11 is 3.32. The van der Waals surface area contributed by atoms with Gasteiger partial charge in [-0.05, 0) is 32.0 Å². The Bertz CT molecular complexity index is 1090. The Balaban J connectivity index is 1.94. The van der Waals surface area contributed by atoms with Gasteiger partial charge in [-0.25, -0.2) is 4.79 Å². The normalized spacial score (nSPS) is 10.8. The molecule has 1 N–H and O–H groups in total. The maximum absolute atomic E-state index is 12.8. The third-order valence-electron chi connectivity index (χ3n) is 3.67. The molecule has 3 aromatic rings. The third kappa shape index (κ3) is 3.90. The third-order valence-corrected chi connectivity index (χ3v) is 4.16. The topological polar surface area (TPSA) is 116 Å². The molecule has 0 fully saturated rings. The molecule has 0 saturated heterocycles. The Morgan fingerprint density at radius 2 is 2.15 bits per heavy atom. The number of aromatic nitrogens is 3. The molecule has 0 unspecified atom stereocenters. The summed E-state index contributed by atoms with van der Waals surface area (Å²) in [5, 5.41) is 6.16. The number of hydrogen-bond donors (Lipinski definition) is 1. The summed E-state index contributed by atoms with van der Waals surface area (Å²) in [6.07, 6.45) is 0. The first-order valence-electron chi connectivity index (χ1n) is 8.00. The molecule has 2 heterocycles. The van der Waals surface area contributed by atoms with Gasteiger partial charge in [0, 0.05) is 10.2 Å². The van der Waals surface area contributed by atoms with Gasteiger partial charge in [-0.1, -0.05) is 27.2 Å². The number of halogens is 1. The van der Waals surface area contributed by atoms with Crippen LogP contribution in [0.3, 0.4) is 0 Å². The first-order chi connectivity index (χ1) is 12.9. The number of hydrogen-bond acceptors (Lipinski definition) is 7. The van der Waals surface area contributed by atoms with Gasteiger partial charge >= 0.3 is 5.97 Å². The Labute approximate surface area is 161 Å². The highest BCUT2D eigenvalue weighted by atomic mass is 79.9. The van der Waals surface area contributed by atoms with Crippen molar-refractivity contribution < 1.29 is 18.8 Å². The molecule has 0 atom stereocenters. The maximum Gasteiger partial charge on any atom is 0.361 e. The van der Waals surface area contributed by atoms with E-state index in [9.17, 15) is 14.4 Å². The van der Waals surface area contributed by atoms with E-state index in [0.29, 0.717) is 5.69 Å². The second-order valence-electron chi connectivity index (χ2n) is 5.54. The molecule has 0 aliphatic heterocycles. The van der Waals surface area contributed by atoms with Crippen LogP contribution in [0, 0.1) is 6.92 Å². The first kappa shape index (κ1) is 18.8. The molecule has 0 bridgehead atoms. The van der Waals surface area contributed by atoms with Crippen LogP contribution in [-0.2, 0) is 16.1 Å². The predicted molar refractivity (Wildman–Crippen MR) is 99.5 cm³/mol. The van der Waals surface area contributed by atoms with E-state index in [0.717, 1.165) is 9.04 Å². The molecule has 10 heteroatoms. The van der Waals surface area contributed by atoms with Gasteiger partial charge in [0.25, 0.3) is 11.3 Å². The zero-order valence-corrected chi connectivity index (χ0v) is 16.1. The van der Waals surface area contributed by atoms with Gasteiger partial charge in [-0.3, -0.25) is 14.2 Å². The summed E-state index contributed by atoms with van der Waals surface area (Å²) < 4.78 is 11.8. The highest BCUT2D eigenvalue weighted by Gasteiger charge is 2.24. The smallest absolute Gasteiger partial charge is 0.361 e. The molecule has 0 aliphatic carbocycles. The summed E-state index contributed by atoms with van der Waals surface area (Å²) in [6, 6.07) is 7.05. The predicted octanol–water partition coefficient (Wildman–Crippen LogP) is 2.27. The lowest BCUT2D eigenvalue weighted by Crippen LogP contribution is -2.30. The van der Waals surface area contributed by atoms with Gasteiger partial charge < -0.3 is 14.6 Å². The minimum Gasteiger partial charge on any atom is -0.461 e. The average Bonchev–Trinajstić information content (AvgIpc) is 3.03. The maximum atomic E-state index is 12.8. The van der Waals surface area contributed by atoms with Crippen LogP contribution >= 0.6 is 15.9 Å². The average molecular weight is 435 g/mol. The molecule has 0 radical (unpaired) electrons. The minimum absolute atomic E-state index is 0.0794. The quantitative estimate of drug-likeness (QED) is 0.611. The Morgan fingerprint density at radius 3 is 2.85 bits per heavy atom. The molecule has 0 spiro atoms. The summed E-state index contributed by atoms with van der Waals surface area (Å²) in [5.74, 6) is -0.957. The van der Waals surface area contributed by atoms with Crippen LogP contribution in [0.25, 0.3) is 11.1 Å². The van der Waals surface area contributed by atoms with Crippen molar-refractivity contribution in [3.05, 3.63) is 50.6 Å². The number of carbonyl (C=O) groups is 2. The fraction of sp³-hybridized carbons (Fsp3) is 0.235. The zero-order valence-electron chi connectivity index (χ0n) is 14.5. The van der Waals surface area contributed by atoms with Crippen LogP contribution < -0.4 is 10.9 Å². The number of carbonyl (C=O) groups excluding carboxylic acids is 2. The van der Waals surface area contributed by atoms with E-state index in [1.807, 2.05) is 6.07 Å². The Morgan fingerprint density at radius 1 is 1.37 bits per heavy atom. The fourth-order valence-electron chi connectivity index (χ4n) is 2.48. The molecule has 2 aromatic heterocycles. The number of rotatable bonds is 5. The molecule has 27 heavy (non-hydrogen) atoms. The second kappa shape index (κ2) is 7.70. The molecule has 1 amide bonds. The van der Waals surface area contributed by atoms with Crippen molar-refractivity contribution in [1.82, 2.24) is 14.7 Å².